The molecule has 58 valence electrons. The zero-order chi connectivity index (χ0) is 7.98. The number of rotatable bonds is 4. The van der Waals surface area contributed by atoms with E-state index in [4.69, 9.17) is 0 Å². The van der Waals surface area contributed by atoms with Gasteiger partial charge in [-0.25, -0.2) is 5.48 Å². The molecule has 0 saturated carbocycles. The fourth-order valence-corrected chi connectivity index (χ4v) is 0.216. The third-order valence-corrected chi connectivity index (χ3v) is 0.572. The van der Waals surface area contributed by atoms with Crippen LogP contribution in [-0.4, -0.2) is 18.9 Å². The van der Waals surface area contributed by atoms with Crippen LogP contribution < -0.4 is 5.48 Å². The maximum atomic E-state index is 11.3. The van der Waals surface area contributed by atoms with Crippen LogP contribution in [0.15, 0.2) is 12.7 Å². The highest BCUT2D eigenvalue weighted by Crippen LogP contribution is 1.89. The van der Waals surface area contributed by atoms with Crippen molar-refractivity contribution < 1.29 is 18.4 Å². The highest BCUT2D eigenvalue weighted by molar-refractivity contribution is 5.77. The summed E-state index contributed by atoms with van der Waals surface area (Å²) in [5, 5.41) is 0. The Bertz CT molecular complexity index is 127. The van der Waals surface area contributed by atoms with Crippen molar-refractivity contribution in [1.82, 2.24) is 5.48 Å². The van der Waals surface area contributed by atoms with Crippen molar-refractivity contribution in [3.8, 4) is 0 Å². The predicted octanol–water partition coefficient (Wildman–Crippen LogP) is 0.485. The Morgan fingerprint density at radius 1 is 1.80 bits per heavy atom. The molecule has 0 aliphatic carbocycles. The SMILES string of the molecule is C=CCONC(=O)C(F)F. The number of alkyl halides is 2. The molecule has 0 aliphatic heterocycles. The first-order valence-corrected chi connectivity index (χ1v) is 2.49. The predicted molar refractivity (Wildman–Crippen MR) is 30.3 cm³/mol. The average Bonchev–Trinajstić information content (AvgIpc) is 1.88. The summed E-state index contributed by atoms with van der Waals surface area (Å²) in [6, 6.07) is 0. The molecular formula is C5H7F2NO2. The quantitative estimate of drug-likeness (QED) is 0.360. The van der Waals surface area contributed by atoms with Crippen LogP contribution in [0.1, 0.15) is 0 Å². The van der Waals surface area contributed by atoms with Gasteiger partial charge in [-0.2, -0.15) is 8.78 Å². The Hall–Kier alpha value is -0.970. The summed E-state index contributed by atoms with van der Waals surface area (Å²) in [7, 11) is 0. The van der Waals surface area contributed by atoms with Gasteiger partial charge < -0.3 is 0 Å². The lowest BCUT2D eigenvalue weighted by Gasteiger charge is -2.00. The highest BCUT2D eigenvalue weighted by Gasteiger charge is 2.13. The van der Waals surface area contributed by atoms with Crippen LogP contribution >= 0.6 is 0 Å². The molecule has 3 nitrogen and oxygen atoms in total. The van der Waals surface area contributed by atoms with Gasteiger partial charge in [0, 0.05) is 0 Å². The summed E-state index contributed by atoms with van der Waals surface area (Å²) in [6.07, 6.45) is -1.71. The lowest BCUT2D eigenvalue weighted by Crippen LogP contribution is -2.29. The minimum atomic E-state index is -3.04. The van der Waals surface area contributed by atoms with Crippen molar-refractivity contribution in [1.29, 1.82) is 0 Å². The average molecular weight is 151 g/mol. The second-order valence-electron chi connectivity index (χ2n) is 1.37. The van der Waals surface area contributed by atoms with Gasteiger partial charge in [-0.05, 0) is 0 Å². The van der Waals surface area contributed by atoms with Crippen LogP contribution in [0.4, 0.5) is 8.78 Å². The summed E-state index contributed by atoms with van der Waals surface area (Å²) in [4.78, 5) is 14.2. The van der Waals surface area contributed by atoms with E-state index >= 15 is 0 Å². The summed E-state index contributed by atoms with van der Waals surface area (Å²) in [5.41, 5.74) is 1.52. The molecule has 10 heavy (non-hydrogen) atoms. The number of hydrogen-bond donors (Lipinski definition) is 1. The van der Waals surface area contributed by atoms with Crippen LogP contribution in [0, 0.1) is 0 Å². The van der Waals surface area contributed by atoms with Crippen LogP contribution in [0.2, 0.25) is 0 Å². The first-order chi connectivity index (χ1) is 4.68. The Balaban J connectivity index is 3.30. The van der Waals surface area contributed by atoms with Crippen molar-refractivity contribution in [3.05, 3.63) is 12.7 Å². The molecule has 0 aromatic rings. The second kappa shape index (κ2) is 4.87. The lowest BCUT2D eigenvalue weighted by molar-refractivity contribution is -0.143. The standard InChI is InChI=1S/C5H7F2NO2/c1-2-3-10-8-5(9)4(6)7/h2,4H,1,3H2,(H,8,9). The monoisotopic (exact) mass is 151 g/mol. The van der Waals surface area contributed by atoms with Gasteiger partial charge in [0.05, 0.1) is 6.61 Å². The molecule has 0 aromatic carbocycles. The van der Waals surface area contributed by atoms with Crippen molar-refractivity contribution >= 4 is 5.91 Å². The molecule has 0 rings (SSSR count). The highest BCUT2D eigenvalue weighted by atomic mass is 19.3. The molecule has 1 N–H and O–H groups in total. The fraction of sp³-hybridized carbons (Fsp3) is 0.400. The molecule has 0 fully saturated rings. The lowest BCUT2D eigenvalue weighted by atomic mass is 10.7. The molecule has 0 atom stereocenters. The van der Waals surface area contributed by atoms with E-state index in [9.17, 15) is 13.6 Å². The van der Waals surface area contributed by atoms with E-state index in [1.54, 1.807) is 0 Å². The van der Waals surface area contributed by atoms with Gasteiger partial charge >= 0.3 is 12.3 Å². The molecule has 0 aromatic heterocycles. The van der Waals surface area contributed by atoms with Gasteiger partial charge in [-0.15, -0.1) is 6.58 Å². The maximum Gasteiger partial charge on any atom is 0.317 e. The van der Waals surface area contributed by atoms with Gasteiger partial charge in [0.1, 0.15) is 0 Å². The van der Waals surface area contributed by atoms with E-state index in [0.717, 1.165) is 0 Å². The van der Waals surface area contributed by atoms with Crippen molar-refractivity contribution in [2.75, 3.05) is 6.61 Å². The van der Waals surface area contributed by atoms with Crippen molar-refractivity contribution in [3.63, 3.8) is 0 Å². The molecule has 1 amide bonds. The van der Waals surface area contributed by atoms with E-state index in [0.29, 0.717) is 0 Å². The number of halogens is 2. The van der Waals surface area contributed by atoms with E-state index < -0.39 is 12.3 Å². The topological polar surface area (TPSA) is 38.3 Å². The number of hydrogen-bond acceptors (Lipinski definition) is 2. The number of carbonyl (C=O) groups excluding carboxylic acids is 1. The summed E-state index contributed by atoms with van der Waals surface area (Å²) in [5.74, 6) is -1.44. The Morgan fingerprint density at radius 2 is 2.40 bits per heavy atom. The van der Waals surface area contributed by atoms with Gasteiger partial charge in [0.15, 0.2) is 0 Å². The number of hydroxylamine groups is 1. The minimum Gasteiger partial charge on any atom is -0.269 e. The summed E-state index contributed by atoms with van der Waals surface area (Å²) < 4.78 is 22.7. The minimum absolute atomic E-state index is 0.0124. The Morgan fingerprint density at radius 3 is 2.80 bits per heavy atom. The van der Waals surface area contributed by atoms with Crippen LogP contribution in [0.3, 0.4) is 0 Å². The van der Waals surface area contributed by atoms with E-state index in [-0.39, 0.29) is 6.61 Å². The maximum absolute atomic E-state index is 11.3. The van der Waals surface area contributed by atoms with Crippen LogP contribution in [0.25, 0.3) is 0 Å². The summed E-state index contributed by atoms with van der Waals surface area (Å²) >= 11 is 0. The first-order valence-electron chi connectivity index (χ1n) is 2.49. The van der Waals surface area contributed by atoms with Gasteiger partial charge in [-0.3, -0.25) is 9.63 Å². The molecule has 0 saturated heterocycles. The largest absolute Gasteiger partial charge is 0.317 e. The zero-order valence-corrected chi connectivity index (χ0v) is 5.14. The number of amides is 1. The fourth-order valence-electron chi connectivity index (χ4n) is 0.216. The Labute approximate surface area is 56.6 Å². The van der Waals surface area contributed by atoms with Crippen molar-refractivity contribution in [2.45, 2.75) is 6.43 Å². The molecule has 0 unspecified atom stereocenters. The molecule has 0 bridgehead atoms. The molecule has 0 spiro atoms. The second-order valence-corrected chi connectivity index (χ2v) is 1.37. The van der Waals surface area contributed by atoms with E-state index in [1.807, 2.05) is 0 Å². The molecule has 0 aliphatic rings. The van der Waals surface area contributed by atoms with Crippen LogP contribution in [-0.2, 0) is 9.63 Å². The molecule has 0 heterocycles. The normalized spacial score (nSPS) is 9.50. The molecular weight excluding hydrogens is 144 g/mol. The van der Waals surface area contributed by atoms with Gasteiger partial charge in [-0.1, -0.05) is 6.08 Å². The third-order valence-electron chi connectivity index (χ3n) is 0.572. The first kappa shape index (κ1) is 9.03. The Kier molecular flexibility index (Phi) is 4.39. The van der Waals surface area contributed by atoms with E-state index in [2.05, 4.69) is 11.4 Å². The number of nitrogens with one attached hydrogen (secondary N) is 1. The smallest absolute Gasteiger partial charge is 0.269 e. The zero-order valence-electron chi connectivity index (χ0n) is 5.14. The molecule has 5 heteroatoms. The molecule has 0 radical (unpaired) electrons. The van der Waals surface area contributed by atoms with Gasteiger partial charge in [0.25, 0.3) is 0 Å². The van der Waals surface area contributed by atoms with Crippen molar-refractivity contribution in [2.24, 2.45) is 0 Å². The van der Waals surface area contributed by atoms with E-state index in [1.165, 1.54) is 11.6 Å². The van der Waals surface area contributed by atoms with Gasteiger partial charge in [0.2, 0.25) is 0 Å². The van der Waals surface area contributed by atoms with Crippen LogP contribution in [0.5, 0.6) is 0 Å². The third kappa shape index (κ3) is 3.96. The summed E-state index contributed by atoms with van der Waals surface area (Å²) in [6.45, 7) is 3.25. The number of carbonyl (C=O) groups is 1.